The molecule has 7 heteroatoms. The van der Waals surface area contributed by atoms with Crippen molar-refractivity contribution in [3.63, 3.8) is 0 Å². The summed E-state index contributed by atoms with van der Waals surface area (Å²) in [6.07, 6.45) is 0. The molecule has 0 fully saturated rings. The maximum absolute atomic E-state index is 12.4. The molecule has 0 saturated heterocycles. The predicted molar refractivity (Wildman–Crippen MR) is 84.8 cm³/mol. The van der Waals surface area contributed by atoms with E-state index in [1.807, 2.05) is 19.1 Å². The summed E-state index contributed by atoms with van der Waals surface area (Å²) in [4.78, 5) is 15.9. The average molecular weight is 325 g/mol. The summed E-state index contributed by atoms with van der Waals surface area (Å²) in [5.74, 6) is -0.0351. The molecule has 0 saturated carbocycles. The van der Waals surface area contributed by atoms with Gasteiger partial charge in [0.2, 0.25) is 5.69 Å². The Balaban J connectivity index is 2.03. The lowest BCUT2D eigenvalue weighted by molar-refractivity contribution is -0.673. The van der Waals surface area contributed by atoms with Crippen LogP contribution in [-0.4, -0.2) is 18.3 Å². The Morgan fingerprint density at radius 3 is 2.46 bits per heavy atom. The van der Waals surface area contributed by atoms with Crippen molar-refractivity contribution in [2.75, 3.05) is 7.11 Å². The molecule has 1 aromatic heterocycles. The fraction of sp³-hybridized carbons (Fsp3) is 0.118. The Bertz CT molecular complexity index is 922. The number of aliphatic imine (C=N–C) groups is 1. The molecule has 0 atom stereocenters. The molecule has 3 rings (SSSR count). The quantitative estimate of drug-likeness (QED) is 0.440. The molecule has 2 aromatic carbocycles. The van der Waals surface area contributed by atoms with E-state index in [1.165, 1.54) is 4.68 Å². The molecule has 0 unspecified atom stereocenters. The molecule has 7 nitrogen and oxygen atoms in total. The number of nitrogens with one attached hydrogen (secondary N) is 1. The van der Waals surface area contributed by atoms with E-state index in [4.69, 9.17) is 9.26 Å². The SMILES string of the molecule is COc1ccc(-[n+]2[nH]oc(=O)c2C([O-])=Nc2ccc(C)cc2)cc1. The second-order valence-corrected chi connectivity index (χ2v) is 5.12. The fourth-order valence-corrected chi connectivity index (χ4v) is 2.16. The lowest BCUT2D eigenvalue weighted by Gasteiger charge is -2.04. The zero-order chi connectivity index (χ0) is 17.1. The molecule has 0 aliphatic heterocycles. The minimum absolute atomic E-state index is 0.208. The highest BCUT2D eigenvalue weighted by atomic mass is 16.5. The molecule has 0 aliphatic rings. The number of aryl methyl sites for hydroxylation is 1. The number of rotatable bonds is 4. The van der Waals surface area contributed by atoms with E-state index < -0.39 is 11.5 Å². The zero-order valence-electron chi connectivity index (χ0n) is 13.1. The van der Waals surface area contributed by atoms with Crippen LogP contribution in [0.5, 0.6) is 5.75 Å². The first-order chi connectivity index (χ1) is 11.6. The van der Waals surface area contributed by atoms with Gasteiger partial charge >= 0.3 is 11.3 Å². The first-order valence-corrected chi connectivity index (χ1v) is 7.19. The maximum atomic E-state index is 12.4. The summed E-state index contributed by atoms with van der Waals surface area (Å²) in [6, 6.07) is 13.9. The Kier molecular flexibility index (Phi) is 4.15. The van der Waals surface area contributed by atoms with Gasteiger partial charge in [0.15, 0.2) is 0 Å². The van der Waals surface area contributed by atoms with E-state index >= 15 is 0 Å². The molecule has 0 amide bonds. The molecular formula is C17H15N3O4. The lowest BCUT2D eigenvalue weighted by Crippen LogP contribution is -2.44. The van der Waals surface area contributed by atoms with Crippen molar-refractivity contribution in [2.24, 2.45) is 4.99 Å². The Morgan fingerprint density at radius 2 is 1.83 bits per heavy atom. The normalized spacial score (nSPS) is 11.5. The van der Waals surface area contributed by atoms with Crippen molar-refractivity contribution < 1.29 is 19.0 Å². The van der Waals surface area contributed by atoms with Crippen LogP contribution in [0.25, 0.3) is 5.69 Å². The van der Waals surface area contributed by atoms with Crippen LogP contribution < -0.4 is 20.2 Å². The lowest BCUT2D eigenvalue weighted by atomic mass is 10.2. The molecule has 0 bridgehead atoms. The third-order valence-electron chi connectivity index (χ3n) is 3.44. The first-order valence-electron chi connectivity index (χ1n) is 7.19. The van der Waals surface area contributed by atoms with Gasteiger partial charge in [-0.15, -0.1) is 0 Å². The van der Waals surface area contributed by atoms with Gasteiger partial charge < -0.3 is 9.84 Å². The highest BCUT2D eigenvalue weighted by Crippen LogP contribution is 2.13. The third kappa shape index (κ3) is 3.05. The molecule has 0 aliphatic carbocycles. The van der Waals surface area contributed by atoms with Crippen molar-refractivity contribution in [1.29, 1.82) is 0 Å². The minimum Gasteiger partial charge on any atom is -0.854 e. The average Bonchev–Trinajstić information content (AvgIpc) is 2.98. The molecule has 24 heavy (non-hydrogen) atoms. The Morgan fingerprint density at radius 1 is 1.17 bits per heavy atom. The monoisotopic (exact) mass is 325 g/mol. The van der Waals surface area contributed by atoms with Crippen molar-refractivity contribution in [1.82, 2.24) is 5.27 Å². The fourth-order valence-electron chi connectivity index (χ4n) is 2.16. The van der Waals surface area contributed by atoms with E-state index in [9.17, 15) is 9.90 Å². The summed E-state index contributed by atoms with van der Waals surface area (Å²) in [6.45, 7) is 1.93. The number of nitrogens with zero attached hydrogens (tertiary/aromatic N) is 2. The summed E-state index contributed by atoms with van der Waals surface area (Å²) < 4.78 is 11.1. The maximum Gasteiger partial charge on any atom is 0.436 e. The van der Waals surface area contributed by atoms with Gasteiger partial charge in [0.25, 0.3) is 0 Å². The van der Waals surface area contributed by atoms with Crippen LogP contribution in [0.1, 0.15) is 11.3 Å². The molecule has 0 radical (unpaired) electrons. The van der Waals surface area contributed by atoms with E-state index in [2.05, 4.69) is 10.3 Å². The number of hydrogen-bond acceptors (Lipinski definition) is 5. The summed E-state index contributed by atoms with van der Waals surface area (Å²) in [5, 5.41) is 14.8. The van der Waals surface area contributed by atoms with Crippen molar-refractivity contribution in [3.8, 4) is 11.4 Å². The van der Waals surface area contributed by atoms with Gasteiger partial charge in [-0.2, -0.15) is 0 Å². The molecular weight excluding hydrogens is 310 g/mol. The molecule has 3 aromatic rings. The van der Waals surface area contributed by atoms with Gasteiger partial charge in [0, 0.05) is 12.1 Å². The highest BCUT2D eigenvalue weighted by Gasteiger charge is 2.23. The van der Waals surface area contributed by atoms with E-state index in [0.29, 0.717) is 17.1 Å². The smallest absolute Gasteiger partial charge is 0.436 e. The van der Waals surface area contributed by atoms with Crippen molar-refractivity contribution in [2.45, 2.75) is 6.92 Å². The summed E-state index contributed by atoms with van der Waals surface area (Å²) >= 11 is 0. The third-order valence-corrected chi connectivity index (χ3v) is 3.44. The number of aromatic amines is 1. The van der Waals surface area contributed by atoms with Crippen molar-refractivity contribution in [3.05, 3.63) is 70.2 Å². The zero-order valence-corrected chi connectivity index (χ0v) is 13.1. The second-order valence-electron chi connectivity index (χ2n) is 5.12. The van der Waals surface area contributed by atoms with Gasteiger partial charge in [0.05, 0.1) is 18.7 Å². The van der Waals surface area contributed by atoms with Crippen LogP contribution in [0.3, 0.4) is 0 Å². The minimum atomic E-state index is -0.785. The van der Waals surface area contributed by atoms with Crippen LogP contribution in [0, 0.1) is 6.92 Å². The van der Waals surface area contributed by atoms with Crippen LogP contribution in [0.4, 0.5) is 5.69 Å². The topological polar surface area (TPSA) is 94.5 Å². The van der Waals surface area contributed by atoms with E-state index in [-0.39, 0.29) is 5.69 Å². The van der Waals surface area contributed by atoms with Crippen molar-refractivity contribution >= 4 is 11.6 Å². The van der Waals surface area contributed by atoms with Gasteiger partial charge in [0.1, 0.15) is 5.75 Å². The van der Waals surface area contributed by atoms with E-state index in [1.54, 1.807) is 43.5 Å². The summed E-state index contributed by atoms with van der Waals surface area (Å²) in [7, 11) is 1.55. The van der Waals surface area contributed by atoms with Crippen LogP contribution in [0.15, 0.2) is 62.8 Å². The largest absolute Gasteiger partial charge is 0.854 e. The standard InChI is InChI=1S/C17H15N3O4/c1-11-3-5-12(6-4-11)18-16(21)15-17(22)24-19-20(15)13-7-9-14(23-2)10-8-13/h3-10H,1-2H3,(H-,18,19,21,22). The number of ether oxygens (including phenoxy) is 1. The number of hydrogen-bond donors (Lipinski definition) is 1. The first kappa shape index (κ1) is 15.5. The van der Waals surface area contributed by atoms with E-state index in [0.717, 1.165) is 5.56 Å². The van der Waals surface area contributed by atoms with Crippen LogP contribution in [0.2, 0.25) is 0 Å². The highest BCUT2D eigenvalue weighted by molar-refractivity contribution is 5.88. The number of H-pyrrole nitrogens is 1. The van der Waals surface area contributed by atoms with Gasteiger partial charge in [-0.25, -0.2) is 4.79 Å². The van der Waals surface area contributed by atoms with Crippen LogP contribution >= 0.6 is 0 Å². The number of benzene rings is 2. The van der Waals surface area contributed by atoms with Gasteiger partial charge in [-0.05, 0) is 41.1 Å². The molecule has 1 heterocycles. The Labute approximate surface area is 137 Å². The van der Waals surface area contributed by atoms with Gasteiger partial charge in [-0.1, -0.05) is 17.7 Å². The number of methoxy groups -OCH3 is 1. The molecule has 0 spiro atoms. The molecule has 1 N–H and O–H groups in total. The Hall–Kier alpha value is -3.35. The van der Waals surface area contributed by atoms with Crippen LogP contribution in [-0.2, 0) is 0 Å². The number of aromatic nitrogens is 2. The second kappa shape index (κ2) is 6.41. The molecule has 122 valence electrons. The summed E-state index contributed by atoms with van der Waals surface area (Å²) in [5.41, 5.74) is 1.07. The van der Waals surface area contributed by atoms with Gasteiger partial charge in [-0.3, -0.25) is 9.52 Å². The predicted octanol–water partition coefficient (Wildman–Crippen LogP) is 1.00.